The summed E-state index contributed by atoms with van der Waals surface area (Å²) in [5.74, 6) is 1.84. The van der Waals surface area contributed by atoms with Gasteiger partial charge in [0.25, 0.3) is 0 Å². The minimum atomic E-state index is 0.788. The number of rotatable bonds is 2. The molecule has 0 spiro atoms. The number of hydrogen-bond donors (Lipinski definition) is 0. The summed E-state index contributed by atoms with van der Waals surface area (Å²) >= 11 is 0. The maximum Gasteiger partial charge on any atom is 0.225 e. The van der Waals surface area contributed by atoms with Gasteiger partial charge in [0.2, 0.25) is 5.95 Å². The lowest BCUT2D eigenvalue weighted by atomic mass is 10.2. The first-order chi connectivity index (χ1) is 10.8. The summed E-state index contributed by atoms with van der Waals surface area (Å²) in [7, 11) is 0. The smallest absolute Gasteiger partial charge is 0.225 e. The molecule has 1 aromatic carbocycles. The van der Waals surface area contributed by atoms with Gasteiger partial charge in [0.05, 0.1) is 17.9 Å². The summed E-state index contributed by atoms with van der Waals surface area (Å²) in [6, 6.07) is 12.2. The van der Waals surface area contributed by atoms with E-state index in [1.54, 1.807) is 12.4 Å². The van der Waals surface area contributed by atoms with E-state index < -0.39 is 0 Å². The second kappa shape index (κ2) is 5.26. The molecule has 0 N–H and O–H groups in total. The predicted molar refractivity (Wildman–Crippen MR) is 85.5 cm³/mol. The summed E-state index contributed by atoms with van der Waals surface area (Å²) in [5, 5.41) is 0. The molecule has 2 aromatic heterocycles. The van der Waals surface area contributed by atoms with Gasteiger partial charge in [-0.05, 0) is 13.0 Å². The van der Waals surface area contributed by atoms with E-state index in [2.05, 4.69) is 50.6 Å². The van der Waals surface area contributed by atoms with Crippen LogP contribution in [0.1, 0.15) is 11.4 Å². The van der Waals surface area contributed by atoms with Crippen LogP contribution < -0.4 is 4.90 Å². The molecular weight excluding hydrogens is 274 g/mol. The van der Waals surface area contributed by atoms with Crippen LogP contribution in [0.25, 0.3) is 11.4 Å². The van der Waals surface area contributed by atoms with E-state index >= 15 is 0 Å². The Balaban J connectivity index is 1.71. The number of hydrogen-bond acceptors (Lipinski definition) is 4. The molecule has 3 heterocycles. The van der Waals surface area contributed by atoms with E-state index in [-0.39, 0.29) is 0 Å². The zero-order chi connectivity index (χ0) is 14.9. The molecule has 5 nitrogen and oxygen atoms in total. The Labute approximate surface area is 129 Å². The average molecular weight is 291 g/mol. The standard InChI is InChI=1S/C17H17N5/c1-13-15-12-21(17-18-8-5-9-19-17)10-11-22(15)16(20-13)14-6-3-2-4-7-14/h2-9H,10-12H2,1H3. The zero-order valence-electron chi connectivity index (χ0n) is 12.5. The lowest BCUT2D eigenvalue weighted by molar-refractivity contribution is 0.564. The van der Waals surface area contributed by atoms with Crippen molar-refractivity contribution in [3.63, 3.8) is 0 Å². The van der Waals surface area contributed by atoms with Crippen molar-refractivity contribution >= 4 is 5.95 Å². The van der Waals surface area contributed by atoms with Gasteiger partial charge in [0.15, 0.2) is 0 Å². The van der Waals surface area contributed by atoms with Crippen LogP contribution >= 0.6 is 0 Å². The number of imidazole rings is 1. The number of anilines is 1. The fourth-order valence-electron chi connectivity index (χ4n) is 2.96. The van der Waals surface area contributed by atoms with Gasteiger partial charge in [0, 0.05) is 31.0 Å². The fraction of sp³-hybridized carbons (Fsp3) is 0.235. The maximum absolute atomic E-state index is 4.79. The summed E-state index contributed by atoms with van der Waals surface area (Å²) in [5.41, 5.74) is 3.50. The van der Waals surface area contributed by atoms with Gasteiger partial charge in [-0.15, -0.1) is 0 Å². The Kier molecular flexibility index (Phi) is 3.11. The van der Waals surface area contributed by atoms with Gasteiger partial charge in [-0.3, -0.25) is 0 Å². The SMILES string of the molecule is Cc1nc(-c2ccccc2)n2c1CN(c1ncccn1)CC2. The van der Waals surface area contributed by atoms with Crippen molar-refractivity contribution in [2.75, 3.05) is 11.4 Å². The van der Waals surface area contributed by atoms with Gasteiger partial charge in [-0.1, -0.05) is 30.3 Å². The fourth-order valence-corrected chi connectivity index (χ4v) is 2.96. The normalized spacial score (nSPS) is 14.0. The monoisotopic (exact) mass is 291 g/mol. The van der Waals surface area contributed by atoms with Crippen molar-refractivity contribution in [2.45, 2.75) is 20.0 Å². The molecule has 22 heavy (non-hydrogen) atoms. The van der Waals surface area contributed by atoms with Gasteiger partial charge >= 0.3 is 0 Å². The third kappa shape index (κ3) is 2.15. The molecule has 0 aliphatic carbocycles. The Morgan fingerprint density at radius 1 is 0.955 bits per heavy atom. The molecule has 1 aliphatic rings. The lowest BCUT2D eigenvalue weighted by Crippen LogP contribution is -2.35. The van der Waals surface area contributed by atoms with Crippen molar-refractivity contribution in [3.8, 4) is 11.4 Å². The number of benzene rings is 1. The van der Waals surface area contributed by atoms with Crippen molar-refractivity contribution in [1.82, 2.24) is 19.5 Å². The third-order valence-corrected chi connectivity index (χ3v) is 4.07. The van der Waals surface area contributed by atoms with E-state index in [1.165, 1.54) is 11.3 Å². The van der Waals surface area contributed by atoms with E-state index in [9.17, 15) is 0 Å². The largest absolute Gasteiger partial charge is 0.333 e. The summed E-state index contributed by atoms with van der Waals surface area (Å²) in [4.78, 5) is 15.7. The number of fused-ring (bicyclic) bond motifs is 1. The van der Waals surface area contributed by atoms with Crippen LogP contribution in [0.2, 0.25) is 0 Å². The van der Waals surface area contributed by atoms with Gasteiger partial charge in [-0.25, -0.2) is 15.0 Å². The second-order valence-corrected chi connectivity index (χ2v) is 5.46. The minimum Gasteiger partial charge on any atom is -0.333 e. The van der Waals surface area contributed by atoms with Crippen molar-refractivity contribution in [3.05, 3.63) is 60.2 Å². The molecule has 0 saturated carbocycles. The van der Waals surface area contributed by atoms with Crippen LogP contribution in [-0.4, -0.2) is 26.1 Å². The molecular formula is C17H17N5. The van der Waals surface area contributed by atoms with E-state index in [0.717, 1.165) is 37.1 Å². The summed E-state index contributed by atoms with van der Waals surface area (Å²) in [6.45, 7) is 4.68. The van der Waals surface area contributed by atoms with Gasteiger partial charge < -0.3 is 9.47 Å². The molecule has 3 aromatic rings. The molecule has 0 amide bonds. The molecule has 0 atom stereocenters. The molecule has 0 saturated heterocycles. The number of aryl methyl sites for hydroxylation is 1. The third-order valence-electron chi connectivity index (χ3n) is 4.07. The lowest BCUT2D eigenvalue weighted by Gasteiger charge is -2.29. The highest BCUT2D eigenvalue weighted by atomic mass is 15.3. The maximum atomic E-state index is 4.79. The molecule has 110 valence electrons. The quantitative estimate of drug-likeness (QED) is 0.728. The van der Waals surface area contributed by atoms with Crippen LogP contribution in [0, 0.1) is 6.92 Å². The first-order valence-electron chi connectivity index (χ1n) is 7.46. The van der Waals surface area contributed by atoms with Crippen molar-refractivity contribution in [1.29, 1.82) is 0 Å². The summed E-state index contributed by atoms with van der Waals surface area (Å²) < 4.78 is 2.32. The van der Waals surface area contributed by atoms with Crippen molar-refractivity contribution < 1.29 is 0 Å². The molecule has 0 unspecified atom stereocenters. The first-order valence-corrected chi connectivity index (χ1v) is 7.46. The molecule has 4 rings (SSSR count). The highest BCUT2D eigenvalue weighted by Crippen LogP contribution is 2.27. The van der Waals surface area contributed by atoms with Crippen LogP contribution in [0.3, 0.4) is 0 Å². The molecule has 0 bridgehead atoms. The van der Waals surface area contributed by atoms with Crippen LogP contribution in [-0.2, 0) is 13.1 Å². The van der Waals surface area contributed by atoms with Crippen LogP contribution in [0.4, 0.5) is 5.95 Å². The van der Waals surface area contributed by atoms with Gasteiger partial charge in [-0.2, -0.15) is 0 Å². The summed E-state index contributed by atoms with van der Waals surface area (Å²) in [6.07, 6.45) is 3.58. The van der Waals surface area contributed by atoms with Crippen LogP contribution in [0.5, 0.6) is 0 Å². The Bertz CT molecular complexity index is 780. The highest BCUT2D eigenvalue weighted by Gasteiger charge is 2.24. The Morgan fingerprint density at radius 2 is 1.73 bits per heavy atom. The second-order valence-electron chi connectivity index (χ2n) is 5.46. The first kappa shape index (κ1) is 13.0. The van der Waals surface area contributed by atoms with E-state index in [4.69, 9.17) is 4.98 Å². The van der Waals surface area contributed by atoms with Crippen LogP contribution in [0.15, 0.2) is 48.8 Å². The highest BCUT2D eigenvalue weighted by molar-refractivity contribution is 5.57. The molecule has 0 radical (unpaired) electrons. The zero-order valence-corrected chi connectivity index (χ0v) is 12.5. The number of aromatic nitrogens is 4. The Morgan fingerprint density at radius 3 is 2.50 bits per heavy atom. The van der Waals surface area contributed by atoms with Crippen molar-refractivity contribution in [2.24, 2.45) is 0 Å². The Hall–Kier alpha value is -2.69. The topological polar surface area (TPSA) is 46.8 Å². The molecule has 0 fully saturated rings. The number of nitrogens with zero attached hydrogens (tertiary/aromatic N) is 5. The average Bonchev–Trinajstić information content (AvgIpc) is 2.93. The van der Waals surface area contributed by atoms with E-state index in [1.807, 2.05) is 12.1 Å². The van der Waals surface area contributed by atoms with Gasteiger partial charge in [0.1, 0.15) is 5.82 Å². The predicted octanol–water partition coefficient (Wildman–Crippen LogP) is 2.67. The molecule has 1 aliphatic heterocycles. The minimum absolute atomic E-state index is 0.788. The molecule has 5 heteroatoms. The van der Waals surface area contributed by atoms with E-state index in [0.29, 0.717) is 0 Å².